The van der Waals surface area contributed by atoms with Crippen LogP contribution in [-0.4, -0.2) is 107 Å². The third-order valence-corrected chi connectivity index (χ3v) is 13.0. The number of hydrogen-bond donors (Lipinski definition) is 2. The predicted molar refractivity (Wildman–Crippen MR) is 257 cm³/mol. The van der Waals surface area contributed by atoms with Gasteiger partial charge < -0.3 is 29.9 Å². The molecule has 2 aliphatic rings. The number of fused-ring (bicyclic) bond motifs is 2. The van der Waals surface area contributed by atoms with Gasteiger partial charge in [0, 0.05) is 95.9 Å². The maximum absolute atomic E-state index is 6.52. The fourth-order valence-electron chi connectivity index (χ4n) is 6.50. The Morgan fingerprint density at radius 2 is 1.20 bits per heavy atom. The highest BCUT2D eigenvalue weighted by molar-refractivity contribution is 14.1. The molecule has 0 atom stereocenters. The molecule has 2 aliphatic heterocycles. The number of thiazole rings is 2. The van der Waals surface area contributed by atoms with Crippen LogP contribution in [-0.2, 0) is 9.47 Å². The molecule has 312 valence electrons. The maximum atomic E-state index is 6.52. The Morgan fingerprint density at radius 3 is 1.72 bits per heavy atom. The Bertz CT molecular complexity index is 2720. The molecule has 0 radical (unpaired) electrons. The second-order valence-electron chi connectivity index (χ2n) is 13.4. The lowest BCUT2D eigenvalue weighted by Crippen LogP contribution is -2.36. The number of hydrogen-bond acceptors (Lipinski definition) is 16. The van der Waals surface area contributed by atoms with Gasteiger partial charge in [-0.15, -0.1) is 11.3 Å². The van der Waals surface area contributed by atoms with E-state index in [0.717, 1.165) is 105 Å². The fourth-order valence-corrected chi connectivity index (χ4v) is 9.36. The van der Waals surface area contributed by atoms with Crippen molar-refractivity contribution in [3.63, 3.8) is 0 Å². The average Bonchev–Trinajstić information content (AvgIpc) is 3.95. The van der Waals surface area contributed by atoms with E-state index in [1.54, 1.807) is 47.5 Å². The fraction of sp³-hybridized carbons (Fsp3) is 0.238. The summed E-state index contributed by atoms with van der Waals surface area (Å²) < 4.78 is 11.8. The van der Waals surface area contributed by atoms with Gasteiger partial charge in [-0.25, -0.2) is 29.9 Å². The first-order valence-electron chi connectivity index (χ1n) is 19.3. The summed E-state index contributed by atoms with van der Waals surface area (Å²) in [6.07, 6.45) is 7.01. The van der Waals surface area contributed by atoms with Crippen molar-refractivity contribution in [3.8, 4) is 33.2 Å². The van der Waals surface area contributed by atoms with E-state index in [1.165, 1.54) is 3.57 Å². The first-order valence-corrected chi connectivity index (χ1v) is 22.8. The van der Waals surface area contributed by atoms with Crippen molar-refractivity contribution in [2.24, 2.45) is 0 Å². The van der Waals surface area contributed by atoms with Gasteiger partial charge in [0.15, 0.2) is 21.9 Å². The van der Waals surface area contributed by atoms with Crippen LogP contribution in [0.3, 0.4) is 0 Å². The number of nitrogens with one attached hydrogen (secondary N) is 2. The molecule has 0 aliphatic carbocycles. The van der Waals surface area contributed by atoms with E-state index in [1.807, 2.05) is 68.0 Å². The Morgan fingerprint density at radius 1 is 0.639 bits per heavy atom. The molecule has 8 heterocycles. The van der Waals surface area contributed by atoms with E-state index in [-0.39, 0.29) is 0 Å². The van der Waals surface area contributed by atoms with Crippen molar-refractivity contribution in [2.45, 2.75) is 0 Å². The molecule has 0 amide bonds. The summed E-state index contributed by atoms with van der Waals surface area (Å²) in [7, 11) is 3.73. The SMILES string of the molecule is CNc1nc(-c2cccnc2)nc2ccc(-c3sc(N4CCOCC4)nc3Cl)cc12.CNc1nc(-c2cccnc2)nc2ccc(I)cc12.Clc1csc(N2CCOCC2)n1. The molecule has 6 aromatic heterocycles. The second-order valence-corrected chi connectivity index (χ2v) is 17.2. The van der Waals surface area contributed by atoms with E-state index in [2.05, 4.69) is 85.1 Å². The van der Waals surface area contributed by atoms with Gasteiger partial charge in [0.1, 0.15) is 21.9 Å². The zero-order chi connectivity index (χ0) is 42.1. The highest BCUT2D eigenvalue weighted by atomic mass is 127. The Labute approximate surface area is 383 Å². The lowest BCUT2D eigenvalue weighted by atomic mass is 10.1. The molecule has 2 fully saturated rings. The number of pyridine rings is 2. The number of ether oxygens (including phenoxy) is 2. The van der Waals surface area contributed by atoms with Crippen molar-refractivity contribution in [3.05, 3.63) is 105 Å². The summed E-state index contributed by atoms with van der Waals surface area (Å²) in [4.78, 5) is 41.0. The number of morpholine rings is 2. The summed E-state index contributed by atoms with van der Waals surface area (Å²) in [5.74, 6) is 2.92. The van der Waals surface area contributed by atoms with E-state index in [4.69, 9.17) is 42.6 Å². The number of rotatable bonds is 7. The summed E-state index contributed by atoms with van der Waals surface area (Å²) in [6, 6.07) is 19.9. The molecule has 2 aromatic carbocycles. The highest BCUT2D eigenvalue weighted by Crippen LogP contribution is 2.40. The van der Waals surface area contributed by atoms with Gasteiger partial charge in [-0.3, -0.25) is 9.97 Å². The number of nitrogens with zero attached hydrogens (tertiary/aromatic N) is 10. The van der Waals surface area contributed by atoms with Gasteiger partial charge in [0.25, 0.3) is 0 Å². The smallest absolute Gasteiger partial charge is 0.187 e. The molecule has 14 nitrogen and oxygen atoms in total. The first-order chi connectivity index (χ1) is 29.9. The van der Waals surface area contributed by atoms with Crippen LogP contribution in [0.5, 0.6) is 0 Å². The first kappa shape index (κ1) is 42.8. The largest absolute Gasteiger partial charge is 0.378 e. The molecule has 19 heteroatoms. The molecular weight excluding hydrogens is 966 g/mol. The van der Waals surface area contributed by atoms with Crippen LogP contribution < -0.4 is 20.4 Å². The van der Waals surface area contributed by atoms with Crippen molar-refractivity contribution >= 4 is 112 Å². The summed E-state index contributed by atoms with van der Waals surface area (Å²) in [5, 5.41) is 13.2. The molecule has 0 unspecified atom stereocenters. The quantitative estimate of drug-likeness (QED) is 0.146. The van der Waals surface area contributed by atoms with Gasteiger partial charge in [-0.2, -0.15) is 0 Å². The normalized spacial score (nSPS) is 13.9. The Hall–Kier alpha value is -4.89. The molecule has 0 spiro atoms. The molecule has 8 aromatic rings. The van der Waals surface area contributed by atoms with E-state index < -0.39 is 0 Å². The van der Waals surface area contributed by atoms with Gasteiger partial charge in [-0.1, -0.05) is 40.6 Å². The van der Waals surface area contributed by atoms with Crippen LogP contribution in [0.25, 0.3) is 55.0 Å². The monoisotopic (exact) mass is 1000 g/mol. The molecule has 10 rings (SSSR count). The second kappa shape index (κ2) is 20.3. The lowest BCUT2D eigenvalue weighted by molar-refractivity contribution is 0.122. The zero-order valence-electron chi connectivity index (χ0n) is 33.1. The van der Waals surface area contributed by atoms with Gasteiger partial charge in [0.2, 0.25) is 0 Å². The van der Waals surface area contributed by atoms with Gasteiger partial charge in [-0.05, 0) is 82.8 Å². The van der Waals surface area contributed by atoms with Crippen LogP contribution >= 0.6 is 68.5 Å². The van der Waals surface area contributed by atoms with Crippen LogP contribution in [0.4, 0.5) is 21.9 Å². The standard InChI is InChI=1S/C21H19ClN6OS.C14H11IN4.C7H9ClN2OS/c1-23-20-15-11-13(17-18(22)26-21(30-17)28-7-9-29-10-8-28)4-5-16(15)25-19(27-20)14-3-2-6-24-12-14;1-16-14-11-7-10(15)4-5-12(11)18-13(19-14)9-3-2-6-17-8-9;8-6-5-12-7(9-6)10-1-3-11-4-2-10/h2-6,11-12H,7-10H2,1H3,(H,23,25,27);2-8H,1H3,(H,16,18,19);5H,1-4H2. The van der Waals surface area contributed by atoms with Crippen molar-refractivity contribution in [2.75, 3.05) is 87.1 Å². The summed E-state index contributed by atoms with van der Waals surface area (Å²) in [6.45, 7) is 6.50. The third-order valence-electron chi connectivity index (χ3n) is 9.53. The molecule has 0 saturated carbocycles. The zero-order valence-corrected chi connectivity index (χ0v) is 38.4. The Balaban J connectivity index is 0.000000141. The average molecular weight is 1010 g/mol. The number of aromatic nitrogens is 8. The van der Waals surface area contributed by atoms with Gasteiger partial charge in [0.05, 0.1) is 42.3 Å². The maximum Gasteiger partial charge on any atom is 0.187 e. The minimum Gasteiger partial charge on any atom is -0.378 e. The van der Waals surface area contributed by atoms with E-state index in [9.17, 15) is 0 Å². The molecule has 0 bridgehead atoms. The number of benzene rings is 2. The Kier molecular flexibility index (Phi) is 14.3. The van der Waals surface area contributed by atoms with Crippen molar-refractivity contribution < 1.29 is 9.47 Å². The minimum atomic E-state index is 0.514. The van der Waals surface area contributed by atoms with Gasteiger partial charge >= 0.3 is 0 Å². The minimum absolute atomic E-state index is 0.514. The topological polar surface area (TPSA) is 152 Å². The molecular formula is C42H39Cl2IN12O2S2. The predicted octanol–water partition coefficient (Wildman–Crippen LogP) is 9.32. The number of halogens is 3. The lowest BCUT2D eigenvalue weighted by Gasteiger charge is -2.25. The van der Waals surface area contributed by atoms with Crippen LogP contribution in [0, 0.1) is 3.57 Å². The molecule has 61 heavy (non-hydrogen) atoms. The van der Waals surface area contributed by atoms with E-state index >= 15 is 0 Å². The molecule has 2 saturated heterocycles. The summed E-state index contributed by atoms with van der Waals surface area (Å²) >= 11 is 17.7. The van der Waals surface area contributed by atoms with Crippen molar-refractivity contribution in [1.29, 1.82) is 0 Å². The molecule has 2 N–H and O–H groups in total. The van der Waals surface area contributed by atoms with Crippen molar-refractivity contribution in [1.82, 2.24) is 39.9 Å². The highest BCUT2D eigenvalue weighted by Gasteiger charge is 2.20. The third kappa shape index (κ3) is 10.4. The van der Waals surface area contributed by atoms with Crippen LogP contribution in [0.15, 0.2) is 90.8 Å². The van der Waals surface area contributed by atoms with Crippen LogP contribution in [0.2, 0.25) is 10.3 Å². The van der Waals surface area contributed by atoms with Crippen LogP contribution in [0.1, 0.15) is 0 Å². The van der Waals surface area contributed by atoms with E-state index in [0.29, 0.717) is 35.2 Å². The number of anilines is 4. The summed E-state index contributed by atoms with van der Waals surface area (Å²) in [5.41, 5.74) is 4.57.